The SMILES string of the molecule is COc1cc(CN2C[C@H]3C[C@@H](NC(C)=O)[C@H](OC)C[C@H]3C2)ccc1OCC=C(C)C. The first-order valence-electron chi connectivity index (χ1n) is 10.8. The summed E-state index contributed by atoms with van der Waals surface area (Å²) in [5.74, 6) is 2.79. The minimum Gasteiger partial charge on any atom is -0.493 e. The van der Waals surface area contributed by atoms with Crippen LogP contribution in [0.25, 0.3) is 0 Å². The Hall–Kier alpha value is -2.05. The Bertz CT molecular complexity index is 760. The Balaban J connectivity index is 1.61. The third-order valence-electron chi connectivity index (χ3n) is 6.25. The van der Waals surface area contributed by atoms with Crippen LogP contribution in [0.5, 0.6) is 11.5 Å². The Morgan fingerprint density at radius 2 is 1.87 bits per heavy atom. The largest absolute Gasteiger partial charge is 0.493 e. The summed E-state index contributed by atoms with van der Waals surface area (Å²) in [6.45, 7) is 9.26. The van der Waals surface area contributed by atoms with Gasteiger partial charge in [0.25, 0.3) is 0 Å². The molecule has 1 aliphatic heterocycles. The highest BCUT2D eigenvalue weighted by Crippen LogP contribution is 2.38. The van der Waals surface area contributed by atoms with Crippen LogP contribution in [0.1, 0.15) is 39.2 Å². The number of rotatable bonds is 8. The molecule has 0 spiro atoms. The molecular weight excluding hydrogens is 380 g/mol. The highest BCUT2D eigenvalue weighted by molar-refractivity contribution is 5.73. The number of benzene rings is 1. The average molecular weight is 417 g/mol. The van der Waals surface area contributed by atoms with E-state index >= 15 is 0 Å². The van der Waals surface area contributed by atoms with Crippen LogP contribution < -0.4 is 14.8 Å². The van der Waals surface area contributed by atoms with Crippen molar-refractivity contribution in [3.05, 3.63) is 35.4 Å². The molecule has 1 aromatic rings. The van der Waals surface area contributed by atoms with Crippen molar-refractivity contribution in [2.24, 2.45) is 11.8 Å². The fourth-order valence-corrected chi connectivity index (χ4v) is 4.80. The Morgan fingerprint density at radius 1 is 1.13 bits per heavy atom. The molecule has 3 rings (SSSR count). The number of ether oxygens (including phenoxy) is 3. The fourth-order valence-electron chi connectivity index (χ4n) is 4.80. The summed E-state index contributed by atoms with van der Waals surface area (Å²) in [6.07, 6.45) is 4.15. The van der Waals surface area contributed by atoms with Crippen molar-refractivity contribution in [1.82, 2.24) is 10.2 Å². The zero-order valence-corrected chi connectivity index (χ0v) is 18.9. The van der Waals surface area contributed by atoms with E-state index in [2.05, 4.69) is 42.3 Å². The maximum absolute atomic E-state index is 11.6. The minimum absolute atomic E-state index is 0.0225. The zero-order valence-electron chi connectivity index (χ0n) is 18.9. The molecule has 1 heterocycles. The van der Waals surface area contributed by atoms with Crippen molar-refractivity contribution in [2.75, 3.05) is 33.9 Å². The van der Waals surface area contributed by atoms with E-state index in [1.54, 1.807) is 21.1 Å². The van der Waals surface area contributed by atoms with Crippen LogP contribution in [0, 0.1) is 11.8 Å². The van der Waals surface area contributed by atoms with Crippen molar-refractivity contribution in [1.29, 1.82) is 0 Å². The lowest BCUT2D eigenvalue weighted by molar-refractivity contribution is -0.121. The van der Waals surface area contributed by atoms with Crippen LogP contribution in [0.4, 0.5) is 0 Å². The number of methoxy groups -OCH3 is 2. The molecule has 0 radical (unpaired) electrons. The van der Waals surface area contributed by atoms with Gasteiger partial charge in [-0.3, -0.25) is 9.69 Å². The number of fused-ring (bicyclic) bond motifs is 1. The van der Waals surface area contributed by atoms with Crippen molar-refractivity contribution in [3.63, 3.8) is 0 Å². The van der Waals surface area contributed by atoms with Gasteiger partial charge in [0, 0.05) is 33.7 Å². The maximum atomic E-state index is 11.6. The molecule has 30 heavy (non-hydrogen) atoms. The number of hydrogen-bond acceptors (Lipinski definition) is 5. The van der Waals surface area contributed by atoms with Crippen LogP contribution in [0.2, 0.25) is 0 Å². The summed E-state index contributed by atoms with van der Waals surface area (Å²) in [6, 6.07) is 6.33. The Kier molecular flexibility index (Phi) is 7.78. The molecule has 1 saturated carbocycles. The molecule has 6 heteroatoms. The summed E-state index contributed by atoms with van der Waals surface area (Å²) in [4.78, 5) is 14.1. The van der Waals surface area contributed by atoms with Gasteiger partial charge in [-0.1, -0.05) is 11.6 Å². The van der Waals surface area contributed by atoms with E-state index in [0.29, 0.717) is 18.4 Å². The third-order valence-corrected chi connectivity index (χ3v) is 6.25. The molecule has 1 amide bonds. The number of allylic oxidation sites excluding steroid dienone is 1. The molecule has 1 aromatic carbocycles. The van der Waals surface area contributed by atoms with Crippen LogP contribution in [0.3, 0.4) is 0 Å². The highest BCUT2D eigenvalue weighted by Gasteiger charge is 2.42. The molecule has 1 aliphatic carbocycles. The van der Waals surface area contributed by atoms with Gasteiger partial charge in [-0.05, 0) is 62.3 Å². The van der Waals surface area contributed by atoms with Gasteiger partial charge in [-0.15, -0.1) is 0 Å². The monoisotopic (exact) mass is 416 g/mol. The molecule has 166 valence electrons. The van der Waals surface area contributed by atoms with E-state index in [4.69, 9.17) is 14.2 Å². The summed E-state index contributed by atoms with van der Waals surface area (Å²) in [5, 5.41) is 3.09. The standard InChI is InChI=1S/C24H36N2O4/c1-16(2)8-9-30-22-7-6-18(10-24(22)29-5)13-26-14-19-11-21(25-17(3)27)23(28-4)12-20(19)15-26/h6-8,10,19-21,23H,9,11-15H2,1-5H3,(H,25,27)/t19-,20+,21-,23-/m1/s1. The van der Waals surface area contributed by atoms with Gasteiger partial charge in [0.15, 0.2) is 11.5 Å². The molecule has 0 aromatic heterocycles. The van der Waals surface area contributed by atoms with Gasteiger partial charge >= 0.3 is 0 Å². The lowest BCUT2D eigenvalue weighted by Gasteiger charge is -2.37. The van der Waals surface area contributed by atoms with Crippen molar-refractivity contribution < 1.29 is 19.0 Å². The minimum atomic E-state index is 0.0225. The van der Waals surface area contributed by atoms with Crippen molar-refractivity contribution in [3.8, 4) is 11.5 Å². The van der Waals surface area contributed by atoms with E-state index in [9.17, 15) is 4.79 Å². The second kappa shape index (κ2) is 10.3. The lowest BCUT2D eigenvalue weighted by atomic mass is 9.77. The number of hydrogen-bond donors (Lipinski definition) is 1. The highest BCUT2D eigenvalue weighted by atomic mass is 16.5. The van der Waals surface area contributed by atoms with Crippen molar-refractivity contribution in [2.45, 2.75) is 52.3 Å². The zero-order chi connectivity index (χ0) is 21.7. The van der Waals surface area contributed by atoms with Crippen molar-refractivity contribution >= 4 is 5.91 Å². The first-order chi connectivity index (χ1) is 14.4. The molecule has 2 fully saturated rings. The first-order valence-corrected chi connectivity index (χ1v) is 10.8. The third kappa shape index (κ3) is 5.76. The number of likely N-dealkylation sites (tertiary alicyclic amines) is 1. The summed E-state index contributed by atoms with van der Waals surface area (Å²) in [7, 11) is 3.43. The number of nitrogens with one attached hydrogen (secondary N) is 1. The molecule has 0 unspecified atom stereocenters. The predicted molar refractivity (Wildman–Crippen MR) is 118 cm³/mol. The maximum Gasteiger partial charge on any atom is 0.217 e. The molecular formula is C24H36N2O4. The van der Waals surface area contributed by atoms with Gasteiger partial charge < -0.3 is 19.5 Å². The van der Waals surface area contributed by atoms with E-state index in [1.165, 1.54) is 11.1 Å². The smallest absolute Gasteiger partial charge is 0.217 e. The second-order valence-electron chi connectivity index (χ2n) is 8.84. The van der Waals surface area contributed by atoms with E-state index in [1.807, 2.05) is 6.07 Å². The molecule has 4 atom stereocenters. The van der Waals surface area contributed by atoms with Gasteiger partial charge in [0.2, 0.25) is 5.91 Å². The quantitative estimate of drug-likeness (QED) is 0.658. The normalized spacial score (nSPS) is 26.0. The number of carbonyl (C=O) groups is 1. The second-order valence-corrected chi connectivity index (χ2v) is 8.84. The van der Waals surface area contributed by atoms with Crippen LogP contribution in [-0.2, 0) is 16.1 Å². The topological polar surface area (TPSA) is 60.0 Å². The van der Waals surface area contributed by atoms with E-state index < -0.39 is 0 Å². The number of carbonyl (C=O) groups excluding carboxylic acids is 1. The first kappa shape index (κ1) is 22.6. The van der Waals surface area contributed by atoms with Crippen LogP contribution in [0.15, 0.2) is 29.8 Å². The Morgan fingerprint density at radius 3 is 2.50 bits per heavy atom. The summed E-state index contributed by atoms with van der Waals surface area (Å²) < 4.78 is 17.1. The predicted octanol–water partition coefficient (Wildman–Crippen LogP) is 3.40. The number of amides is 1. The van der Waals surface area contributed by atoms with E-state index in [0.717, 1.165) is 44.0 Å². The van der Waals surface area contributed by atoms with E-state index in [-0.39, 0.29) is 18.1 Å². The van der Waals surface area contributed by atoms with Gasteiger partial charge in [0.1, 0.15) is 6.61 Å². The molecule has 2 aliphatic rings. The average Bonchev–Trinajstić information content (AvgIpc) is 3.08. The van der Waals surface area contributed by atoms with Crippen LogP contribution >= 0.6 is 0 Å². The molecule has 0 bridgehead atoms. The van der Waals surface area contributed by atoms with Crippen LogP contribution in [-0.4, -0.2) is 56.9 Å². The van der Waals surface area contributed by atoms with Gasteiger partial charge in [-0.25, -0.2) is 0 Å². The molecule has 6 nitrogen and oxygen atoms in total. The molecule has 1 saturated heterocycles. The lowest BCUT2D eigenvalue weighted by Crippen LogP contribution is -2.49. The molecule has 1 N–H and O–H groups in total. The summed E-state index contributed by atoms with van der Waals surface area (Å²) in [5.41, 5.74) is 2.46. The van der Waals surface area contributed by atoms with Gasteiger partial charge in [-0.2, -0.15) is 0 Å². The Labute approximate surface area is 180 Å². The fraction of sp³-hybridized carbons (Fsp3) is 0.625. The van der Waals surface area contributed by atoms with Gasteiger partial charge in [0.05, 0.1) is 19.3 Å². The summed E-state index contributed by atoms with van der Waals surface area (Å²) >= 11 is 0. The number of nitrogens with zero attached hydrogens (tertiary/aromatic N) is 1.